The first-order valence-electron chi connectivity index (χ1n) is 8.66. The molecule has 3 rings (SSSR count). The molecule has 1 aliphatic rings. The van der Waals surface area contributed by atoms with Crippen LogP contribution in [0.15, 0.2) is 47.1 Å². The summed E-state index contributed by atoms with van der Waals surface area (Å²) in [5.74, 6) is 0.750. The van der Waals surface area contributed by atoms with Crippen molar-refractivity contribution in [3.05, 3.63) is 54.0 Å². The first-order valence-corrected chi connectivity index (χ1v) is 8.66. The van der Waals surface area contributed by atoms with Gasteiger partial charge in [-0.2, -0.15) is 0 Å². The van der Waals surface area contributed by atoms with Gasteiger partial charge in [-0.15, -0.1) is 0 Å². The van der Waals surface area contributed by atoms with Crippen LogP contribution in [0.1, 0.15) is 24.3 Å². The molecule has 0 radical (unpaired) electrons. The van der Waals surface area contributed by atoms with Crippen molar-refractivity contribution in [2.75, 3.05) is 38.2 Å². The van der Waals surface area contributed by atoms with Crippen molar-refractivity contribution >= 4 is 11.6 Å². The van der Waals surface area contributed by atoms with Crippen LogP contribution >= 0.6 is 0 Å². The Morgan fingerprint density at radius 1 is 1.20 bits per heavy atom. The summed E-state index contributed by atoms with van der Waals surface area (Å²) in [7, 11) is 0. The Hall–Kier alpha value is -2.15. The second-order valence-electron chi connectivity index (χ2n) is 6.25. The number of carbonyl (C=O) groups excluding carboxylic acids is 1. The predicted molar refractivity (Wildman–Crippen MR) is 96.3 cm³/mol. The number of hydrogen-bond donors (Lipinski definition) is 2. The van der Waals surface area contributed by atoms with Gasteiger partial charge in [0.05, 0.1) is 32.1 Å². The molecule has 0 bridgehead atoms. The highest BCUT2D eigenvalue weighted by atomic mass is 16.5. The summed E-state index contributed by atoms with van der Waals surface area (Å²) in [5.41, 5.74) is 2.05. The number of nitrogens with zero attached hydrogens (tertiary/aromatic N) is 1. The van der Waals surface area contributed by atoms with Crippen molar-refractivity contribution in [3.8, 4) is 0 Å². The number of amides is 1. The van der Waals surface area contributed by atoms with Crippen molar-refractivity contribution in [1.82, 2.24) is 10.2 Å². The van der Waals surface area contributed by atoms with E-state index in [0.29, 0.717) is 0 Å². The van der Waals surface area contributed by atoms with Crippen molar-refractivity contribution in [2.45, 2.75) is 19.5 Å². The molecule has 1 fully saturated rings. The quantitative estimate of drug-likeness (QED) is 0.808. The molecule has 1 atom stereocenters. The Bertz CT molecular complexity index is 649. The minimum atomic E-state index is -0.0701. The maximum Gasteiger partial charge on any atom is 0.238 e. The number of morpholine rings is 1. The van der Waals surface area contributed by atoms with Crippen LogP contribution in [-0.2, 0) is 16.1 Å². The molecule has 6 heteroatoms. The fraction of sp³-hybridized carbons (Fsp3) is 0.421. The molecule has 0 saturated carbocycles. The van der Waals surface area contributed by atoms with E-state index in [0.717, 1.165) is 44.3 Å². The number of rotatable bonds is 7. The summed E-state index contributed by atoms with van der Waals surface area (Å²) in [6.07, 6.45) is 1.63. The van der Waals surface area contributed by atoms with Crippen LogP contribution in [0.3, 0.4) is 0 Å². The summed E-state index contributed by atoms with van der Waals surface area (Å²) < 4.78 is 10.7. The standard InChI is InChI=1S/C19H25N3O3/c1-15(18-3-2-10-25-18)20-13-19(23)21-17-6-4-16(5-7-17)14-22-8-11-24-12-9-22/h2-7,10,15,20H,8-9,11-14H2,1H3,(H,21,23)/t15-/m0/s1. The van der Waals surface area contributed by atoms with Gasteiger partial charge in [-0.1, -0.05) is 12.1 Å². The zero-order chi connectivity index (χ0) is 17.5. The fourth-order valence-electron chi connectivity index (χ4n) is 2.80. The molecule has 6 nitrogen and oxygen atoms in total. The van der Waals surface area contributed by atoms with Gasteiger partial charge in [-0.05, 0) is 36.8 Å². The van der Waals surface area contributed by atoms with Crippen molar-refractivity contribution < 1.29 is 13.9 Å². The minimum Gasteiger partial charge on any atom is -0.468 e. The van der Waals surface area contributed by atoms with E-state index in [1.54, 1.807) is 6.26 Å². The van der Waals surface area contributed by atoms with E-state index in [1.807, 2.05) is 31.2 Å². The molecule has 1 aromatic carbocycles. The molecule has 1 aromatic heterocycles. The number of hydrogen-bond acceptors (Lipinski definition) is 5. The van der Waals surface area contributed by atoms with Gasteiger partial charge in [0.25, 0.3) is 0 Å². The Labute approximate surface area is 148 Å². The lowest BCUT2D eigenvalue weighted by atomic mass is 10.2. The lowest BCUT2D eigenvalue weighted by Crippen LogP contribution is -2.35. The molecule has 0 unspecified atom stereocenters. The Morgan fingerprint density at radius 3 is 2.64 bits per heavy atom. The number of furan rings is 1. The van der Waals surface area contributed by atoms with E-state index < -0.39 is 0 Å². The number of nitrogens with one attached hydrogen (secondary N) is 2. The molecule has 0 aliphatic carbocycles. The summed E-state index contributed by atoms with van der Waals surface area (Å²) in [6.45, 7) is 6.66. The van der Waals surface area contributed by atoms with Gasteiger partial charge in [0.15, 0.2) is 0 Å². The fourth-order valence-corrected chi connectivity index (χ4v) is 2.80. The number of ether oxygens (including phenoxy) is 1. The predicted octanol–water partition coefficient (Wildman–Crippen LogP) is 2.40. The Balaban J connectivity index is 1.43. The topological polar surface area (TPSA) is 66.7 Å². The highest BCUT2D eigenvalue weighted by Crippen LogP contribution is 2.13. The minimum absolute atomic E-state index is 0.00310. The zero-order valence-electron chi connectivity index (χ0n) is 14.5. The van der Waals surface area contributed by atoms with Gasteiger partial charge in [-0.3, -0.25) is 15.0 Å². The third-order valence-electron chi connectivity index (χ3n) is 4.29. The van der Waals surface area contributed by atoms with Crippen LogP contribution in [0.2, 0.25) is 0 Å². The molecular weight excluding hydrogens is 318 g/mol. The molecule has 1 saturated heterocycles. The maximum atomic E-state index is 12.1. The van der Waals surface area contributed by atoms with E-state index in [2.05, 4.69) is 27.7 Å². The highest BCUT2D eigenvalue weighted by Gasteiger charge is 2.12. The van der Waals surface area contributed by atoms with Crippen LogP contribution in [-0.4, -0.2) is 43.7 Å². The summed E-state index contributed by atoms with van der Waals surface area (Å²) in [4.78, 5) is 14.4. The number of anilines is 1. The Kier molecular flexibility index (Phi) is 6.22. The largest absolute Gasteiger partial charge is 0.468 e. The smallest absolute Gasteiger partial charge is 0.238 e. The van der Waals surface area contributed by atoms with Crippen LogP contribution in [0, 0.1) is 0 Å². The van der Waals surface area contributed by atoms with Crippen LogP contribution < -0.4 is 10.6 Å². The van der Waals surface area contributed by atoms with E-state index in [-0.39, 0.29) is 18.5 Å². The number of carbonyl (C=O) groups is 1. The van der Waals surface area contributed by atoms with Gasteiger partial charge in [0.1, 0.15) is 5.76 Å². The van der Waals surface area contributed by atoms with Crippen LogP contribution in [0.4, 0.5) is 5.69 Å². The average molecular weight is 343 g/mol. The number of benzene rings is 1. The second-order valence-corrected chi connectivity index (χ2v) is 6.25. The van der Waals surface area contributed by atoms with Crippen LogP contribution in [0.25, 0.3) is 0 Å². The van der Waals surface area contributed by atoms with Gasteiger partial charge in [-0.25, -0.2) is 0 Å². The summed E-state index contributed by atoms with van der Waals surface area (Å²) >= 11 is 0. The third-order valence-corrected chi connectivity index (χ3v) is 4.29. The van der Waals surface area contributed by atoms with E-state index in [1.165, 1.54) is 5.56 Å². The normalized spacial score (nSPS) is 16.5. The monoisotopic (exact) mass is 343 g/mol. The first kappa shape index (κ1) is 17.7. The molecule has 0 spiro atoms. The van der Waals surface area contributed by atoms with E-state index in [4.69, 9.17) is 9.15 Å². The van der Waals surface area contributed by atoms with Gasteiger partial charge in [0, 0.05) is 25.3 Å². The van der Waals surface area contributed by atoms with E-state index >= 15 is 0 Å². The summed E-state index contributed by atoms with van der Waals surface area (Å²) in [5, 5.41) is 6.05. The molecule has 2 aromatic rings. The molecule has 2 heterocycles. The maximum absolute atomic E-state index is 12.1. The molecule has 134 valence electrons. The van der Waals surface area contributed by atoms with E-state index in [9.17, 15) is 4.79 Å². The lowest BCUT2D eigenvalue weighted by Gasteiger charge is -2.26. The molecule has 2 N–H and O–H groups in total. The van der Waals surface area contributed by atoms with Gasteiger partial charge >= 0.3 is 0 Å². The van der Waals surface area contributed by atoms with Crippen molar-refractivity contribution in [1.29, 1.82) is 0 Å². The summed E-state index contributed by atoms with van der Waals surface area (Å²) in [6, 6.07) is 11.7. The highest BCUT2D eigenvalue weighted by molar-refractivity contribution is 5.92. The average Bonchev–Trinajstić information content (AvgIpc) is 3.17. The van der Waals surface area contributed by atoms with Crippen molar-refractivity contribution in [3.63, 3.8) is 0 Å². The molecule has 1 aliphatic heterocycles. The molecular formula is C19H25N3O3. The Morgan fingerprint density at radius 2 is 1.96 bits per heavy atom. The lowest BCUT2D eigenvalue weighted by molar-refractivity contribution is -0.115. The zero-order valence-corrected chi connectivity index (χ0v) is 14.5. The first-order chi connectivity index (χ1) is 12.2. The second kappa shape index (κ2) is 8.80. The van der Waals surface area contributed by atoms with Gasteiger partial charge in [0.2, 0.25) is 5.91 Å². The van der Waals surface area contributed by atoms with Gasteiger partial charge < -0.3 is 14.5 Å². The molecule has 25 heavy (non-hydrogen) atoms. The molecule has 1 amide bonds. The van der Waals surface area contributed by atoms with Crippen molar-refractivity contribution in [2.24, 2.45) is 0 Å². The van der Waals surface area contributed by atoms with Crippen LogP contribution in [0.5, 0.6) is 0 Å². The SMILES string of the molecule is C[C@H](NCC(=O)Nc1ccc(CN2CCOCC2)cc1)c1ccco1. The third kappa shape index (κ3) is 5.42.